The number of ketones is 2. The van der Waals surface area contributed by atoms with E-state index in [4.69, 9.17) is 0 Å². The van der Waals surface area contributed by atoms with Crippen LogP contribution in [0.5, 0.6) is 0 Å². The molecule has 1 aliphatic carbocycles. The minimum absolute atomic E-state index is 0.0968. The van der Waals surface area contributed by atoms with Crippen molar-refractivity contribution in [3.05, 3.63) is 47.2 Å². The Morgan fingerprint density at radius 3 is 2.47 bits per heavy atom. The summed E-state index contributed by atoms with van der Waals surface area (Å²) in [5, 5.41) is 3.08. The predicted octanol–water partition coefficient (Wildman–Crippen LogP) is 2.34. The molecule has 3 heteroatoms. The fourth-order valence-corrected chi connectivity index (χ4v) is 1.79. The van der Waals surface area contributed by atoms with E-state index in [9.17, 15) is 9.59 Å². The van der Waals surface area contributed by atoms with Gasteiger partial charge in [-0.15, -0.1) is 0 Å². The molecule has 0 saturated heterocycles. The van der Waals surface area contributed by atoms with Gasteiger partial charge in [0.2, 0.25) is 5.78 Å². The zero-order valence-corrected chi connectivity index (χ0v) is 9.99. The van der Waals surface area contributed by atoms with Gasteiger partial charge < -0.3 is 5.32 Å². The minimum atomic E-state index is -0.106. The van der Waals surface area contributed by atoms with E-state index in [1.807, 2.05) is 13.8 Å². The molecule has 1 unspecified atom stereocenters. The third kappa shape index (κ3) is 2.13. The van der Waals surface area contributed by atoms with Crippen molar-refractivity contribution < 1.29 is 9.59 Å². The maximum Gasteiger partial charge on any atom is 0.209 e. The second-order valence-corrected chi connectivity index (χ2v) is 4.25. The highest BCUT2D eigenvalue weighted by Gasteiger charge is 2.25. The molecule has 1 aromatic rings. The summed E-state index contributed by atoms with van der Waals surface area (Å²) in [6, 6.07) is 7.11. The van der Waals surface area contributed by atoms with Crippen LogP contribution in [-0.2, 0) is 0 Å². The lowest BCUT2D eigenvalue weighted by Gasteiger charge is -2.19. The van der Waals surface area contributed by atoms with Crippen LogP contribution in [0.2, 0.25) is 0 Å². The van der Waals surface area contributed by atoms with Crippen LogP contribution in [0.1, 0.15) is 41.0 Å². The highest BCUT2D eigenvalue weighted by Crippen LogP contribution is 2.20. The lowest BCUT2D eigenvalue weighted by atomic mass is 9.92. The number of Topliss-reactive ketones (excluding diaryl/α,β-unsaturated/α-hetero) is 1. The van der Waals surface area contributed by atoms with Crippen molar-refractivity contribution in [1.29, 1.82) is 0 Å². The Bertz CT molecular complexity index is 503. The molecular formula is C14H15NO2. The molecular weight excluding hydrogens is 214 g/mol. The second kappa shape index (κ2) is 4.53. The van der Waals surface area contributed by atoms with E-state index in [-0.39, 0.29) is 17.6 Å². The van der Waals surface area contributed by atoms with E-state index < -0.39 is 0 Å². The van der Waals surface area contributed by atoms with Gasteiger partial charge >= 0.3 is 0 Å². The topological polar surface area (TPSA) is 46.2 Å². The van der Waals surface area contributed by atoms with Crippen molar-refractivity contribution in [2.45, 2.75) is 26.3 Å². The molecule has 1 N–H and O–H groups in total. The summed E-state index contributed by atoms with van der Waals surface area (Å²) in [5.74, 6) is -0.202. The van der Waals surface area contributed by atoms with E-state index in [2.05, 4.69) is 5.32 Å². The summed E-state index contributed by atoms with van der Waals surface area (Å²) in [4.78, 5) is 24.0. The molecule has 1 atom stereocenters. The summed E-state index contributed by atoms with van der Waals surface area (Å²) in [7, 11) is 0. The summed E-state index contributed by atoms with van der Waals surface area (Å²) in [6.45, 7) is 4.01. The predicted molar refractivity (Wildman–Crippen MR) is 66.1 cm³/mol. The molecule has 0 aliphatic heterocycles. The summed E-state index contributed by atoms with van der Waals surface area (Å²) in [6.07, 6.45) is 2.30. The fraction of sp³-hybridized carbons (Fsp3) is 0.286. The Labute approximate surface area is 101 Å². The first-order valence-electron chi connectivity index (χ1n) is 5.79. The molecule has 0 spiro atoms. The van der Waals surface area contributed by atoms with Crippen LogP contribution in [0.3, 0.4) is 0 Å². The quantitative estimate of drug-likeness (QED) is 0.865. The first-order valence-corrected chi connectivity index (χ1v) is 5.79. The van der Waals surface area contributed by atoms with Crippen LogP contribution in [0, 0.1) is 0 Å². The van der Waals surface area contributed by atoms with Gasteiger partial charge in [0.05, 0.1) is 5.70 Å². The van der Waals surface area contributed by atoms with Gasteiger partial charge in [0.25, 0.3) is 0 Å². The standard InChI is InChI=1S/C14H15NO2/c1-3-9(2)15-12-8-13(16)10-6-4-5-7-11(10)14(12)17/h4-9,15H,3H2,1-2H3. The minimum Gasteiger partial charge on any atom is -0.379 e. The van der Waals surface area contributed by atoms with E-state index in [1.165, 1.54) is 6.08 Å². The van der Waals surface area contributed by atoms with Crippen LogP contribution >= 0.6 is 0 Å². The molecule has 1 aliphatic rings. The smallest absolute Gasteiger partial charge is 0.209 e. The molecule has 0 bridgehead atoms. The Morgan fingerprint density at radius 2 is 1.82 bits per heavy atom. The third-order valence-electron chi connectivity index (χ3n) is 2.97. The van der Waals surface area contributed by atoms with Gasteiger partial charge in [0.15, 0.2) is 5.78 Å². The van der Waals surface area contributed by atoms with Crippen molar-refractivity contribution in [2.24, 2.45) is 0 Å². The van der Waals surface area contributed by atoms with Crippen molar-refractivity contribution >= 4 is 11.6 Å². The summed E-state index contributed by atoms with van der Waals surface area (Å²) >= 11 is 0. The number of nitrogens with one attached hydrogen (secondary N) is 1. The van der Waals surface area contributed by atoms with Crippen LogP contribution in [0.4, 0.5) is 0 Å². The Balaban J connectivity index is 2.35. The fourth-order valence-electron chi connectivity index (χ4n) is 1.79. The number of fused-ring (bicyclic) bond motifs is 1. The van der Waals surface area contributed by atoms with Crippen LogP contribution in [0.25, 0.3) is 0 Å². The SMILES string of the molecule is CCC(C)NC1=CC(=O)c2ccccc2C1=O. The number of carbonyl (C=O) groups is 2. The number of hydrogen-bond acceptors (Lipinski definition) is 3. The van der Waals surface area contributed by atoms with Gasteiger partial charge in [-0.2, -0.15) is 0 Å². The number of carbonyl (C=O) groups excluding carboxylic acids is 2. The maximum atomic E-state index is 12.1. The van der Waals surface area contributed by atoms with Crippen molar-refractivity contribution in [2.75, 3.05) is 0 Å². The number of hydrogen-bond donors (Lipinski definition) is 1. The summed E-state index contributed by atoms with van der Waals surface area (Å²) < 4.78 is 0. The molecule has 0 heterocycles. The third-order valence-corrected chi connectivity index (χ3v) is 2.97. The zero-order chi connectivity index (χ0) is 12.4. The van der Waals surface area contributed by atoms with Crippen LogP contribution < -0.4 is 5.32 Å². The summed E-state index contributed by atoms with van der Waals surface area (Å²) in [5.41, 5.74) is 1.39. The molecule has 2 rings (SSSR count). The molecule has 0 saturated carbocycles. The van der Waals surface area contributed by atoms with E-state index in [0.29, 0.717) is 16.8 Å². The van der Waals surface area contributed by atoms with Crippen molar-refractivity contribution in [1.82, 2.24) is 5.32 Å². The van der Waals surface area contributed by atoms with E-state index >= 15 is 0 Å². The molecule has 0 radical (unpaired) electrons. The molecule has 0 fully saturated rings. The zero-order valence-electron chi connectivity index (χ0n) is 9.99. The number of allylic oxidation sites excluding steroid dienone is 2. The van der Waals surface area contributed by atoms with Gasteiger partial charge in [0.1, 0.15) is 0 Å². The highest BCUT2D eigenvalue weighted by atomic mass is 16.1. The maximum absolute atomic E-state index is 12.1. The van der Waals surface area contributed by atoms with E-state index in [0.717, 1.165) is 6.42 Å². The number of benzene rings is 1. The lowest BCUT2D eigenvalue weighted by molar-refractivity contribution is 0.0976. The van der Waals surface area contributed by atoms with Gasteiger partial charge in [-0.3, -0.25) is 9.59 Å². The van der Waals surface area contributed by atoms with Crippen molar-refractivity contribution in [3.63, 3.8) is 0 Å². The van der Waals surface area contributed by atoms with E-state index in [1.54, 1.807) is 24.3 Å². The molecule has 17 heavy (non-hydrogen) atoms. The van der Waals surface area contributed by atoms with Crippen LogP contribution in [0.15, 0.2) is 36.0 Å². The van der Waals surface area contributed by atoms with Gasteiger partial charge in [-0.25, -0.2) is 0 Å². The molecule has 0 amide bonds. The Hall–Kier alpha value is -1.90. The number of rotatable bonds is 3. The van der Waals surface area contributed by atoms with Crippen LogP contribution in [-0.4, -0.2) is 17.6 Å². The van der Waals surface area contributed by atoms with Crippen molar-refractivity contribution in [3.8, 4) is 0 Å². The normalized spacial score (nSPS) is 16.2. The lowest BCUT2D eigenvalue weighted by Crippen LogP contribution is -2.32. The molecule has 0 aromatic heterocycles. The largest absolute Gasteiger partial charge is 0.379 e. The molecule has 1 aromatic carbocycles. The monoisotopic (exact) mass is 229 g/mol. The average molecular weight is 229 g/mol. The van der Waals surface area contributed by atoms with Gasteiger partial charge in [-0.1, -0.05) is 31.2 Å². The first-order chi connectivity index (χ1) is 8.13. The van der Waals surface area contributed by atoms with Gasteiger partial charge in [0, 0.05) is 23.2 Å². The Kier molecular flexibility index (Phi) is 3.09. The molecule has 3 nitrogen and oxygen atoms in total. The van der Waals surface area contributed by atoms with Gasteiger partial charge in [-0.05, 0) is 13.3 Å². The average Bonchev–Trinajstić information content (AvgIpc) is 2.35. The highest BCUT2D eigenvalue weighted by molar-refractivity contribution is 6.24. The Morgan fingerprint density at radius 1 is 1.18 bits per heavy atom. The molecule has 88 valence electrons. The second-order valence-electron chi connectivity index (χ2n) is 4.25. The first kappa shape index (κ1) is 11.6.